The van der Waals surface area contributed by atoms with E-state index in [1.54, 1.807) is 24.3 Å². The van der Waals surface area contributed by atoms with Gasteiger partial charge in [-0.3, -0.25) is 4.79 Å². The summed E-state index contributed by atoms with van der Waals surface area (Å²) >= 11 is 5.82. The summed E-state index contributed by atoms with van der Waals surface area (Å²) < 4.78 is 0. The molecule has 122 valence electrons. The fraction of sp³-hybridized carbons (Fsp3) is 0.294. The third-order valence-electron chi connectivity index (χ3n) is 3.35. The second-order valence-electron chi connectivity index (χ2n) is 5.54. The van der Waals surface area contributed by atoms with E-state index in [0.29, 0.717) is 22.1 Å². The zero-order valence-corrected chi connectivity index (χ0v) is 14.1. The molecule has 2 aromatic rings. The van der Waals surface area contributed by atoms with Crippen molar-refractivity contribution in [3.05, 3.63) is 52.7 Å². The molecule has 0 spiro atoms. The van der Waals surface area contributed by atoms with Gasteiger partial charge in [0.1, 0.15) is 0 Å². The summed E-state index contributed by atoms with van der Waals surface area (Å²) in [4.78, 5) is 18.4. The van der Waals surface area contributed by atoms with E-state index in [-0.39, 0.29) is 12.3 Å². The maximum absolute atomic E-state index is 12.2. The van der Waals surface area contributed by atoms with Gasteiger partial charge in [0, 0.05) is 24.8 Å². The van der Waals surface area contributed by atoms with E-state index in [4.69, 9.17) is 11.6 Å². The maximum atomic E-state index is 12.2. The van der Waals surface area contributed by atoms with Gasteiger partial charge in [-0.1, -0.05) is 23.7 Å². The molecule has 1 heterocycles. The van der Waals surface area contributed by atoms with Crippen molar-refractivity contribution >= 4 is 29.0 Å². The van der Waals surface area contributed by atoms with Crippen molar-refractivity contribution in [3.63, 3.8) is 0 Å². The number of rotatable bonds is 5. The standard InChI is InChI=1S/C17H20ClN3O2/c1-11-4-9-14(17(19-11)21(2)3)20-16(23)10-15(22)12-5-7-13(18)8-6-12/h4-9,15,22H,10H2,1-3H3,(H,20,23). The number of hydrogen-bond donors (Lipinski definition) is 2. The predicted octanol–water partition coefficient (Wildman–Crippen LogP) is 3.17. The number of hydrogen-bond acceptors (Lipinski definition) is 4. The Hall–Kier alpha value is -2.11. The molecule has 0 aliphatic rings. The highest BCUT2D eigenvalue weighted by Gasteiger charge is 2.15. The van der Waals surface area contributed by atoms with Crippen molar-refractivity contribution in [1.29, 1.82) is 0 Å². The number of aromatic nitrogens is 1. The summed E-state index contributed by atoms with van der Waals surface area (Å²) in [5.74, 6) is 0.403. The molecular formula is C17H20ClN3O2. The second-order valence-corrected chi connectivity index (χ2v) is 5.97. The molecule has 0 bridgehead atoms. The fourth-order valence-corrected chi connectivity index (χ4v) is 2.29. The van der Waals surface area contributed by atoms with Gasteiger partial charge in [-0.25, -0.2) is 4.98 Å². The number of aliphatic hydroxyl groups excluding tert-OH is 1. The third kappa shape index (κ3) is 4.68. The van der Waals surface area contributed by atoms with Gasteiger partial charge in [-0.15, -0.1) is 0 Å². The highest BCUT2D eigenvalue weighted by molar-refractivity contribution is 6.30. The lowest BCUT2D eigenvalue weighted by Gasteiger charge is -2.18. The van der Waals surface area contributed by atoms with E-state index in [2.05, 4.69) is 10.3 Å². The fourth-order valence-electron chi connectivity index (χ4n) is 2.16. The normalized spacial score (nSPS) is 11.9. The van der Waals surface area contributed by atoms with Gasteiger partial charge in [-0.05, 0) is 36.8 Å². The van der Waals surface area contributed by atoms with Crippen LogP contribution in [0.4, 0.5) is 11.5 Å². The molecule has 5 nitrogen and oxygen atoms in total. The Morgan fingerprint density at radius 3 is 2.52 bits per heavy atom. The van der Waals surface area contributed by atoms with Crippen LogP contribution in [-0.2, 0) is 4.79 Å². The SMILES string of the molecule is Cc1ccc(NC(=O)CC(O)c2ccc(Cl)cc2)c(N(C)C)n1. The van der Waals surface area contributed by atoms with Crippen LogP contribution in [0.5, 0.6) is 0 Å². The lowest BCUT2D eigenvalue weighted by atomic mass is 10.1. The quantitative estimate of drug-likeness (QED) is 0.882. The molecule has 6 heteroatoms. The van der Waals surface area contributed by atoms with Crippen LogP contribution in [0.2, 0.25) is 5.02 Å². The highest BCUT2D eigenvalue weighted by atomic mass is 35.5. The molecule has 1 aromatic carbocycles. The summed E-state index contributed by atoms with van der Waals surface area (Å²) in [6.45, 7) is 1.89. The van der Waals surface area contributed by atoms with E-state index in [1.807, 2.05) is 38.1 Å². The molecule has 23 heavy (non-hydrogen) atoms. The number of nitrogens with zero attached hydrogens (tertiary/aromatic N) is 2. The smallest absolute Gasteiger partial charge is 0.227 e. The van der Waals surface area contributed by atoms with E-state index in [0.717, 1.165) is 5.69 Å². The van der Waals surface area contributed by atoms with Gasteiger partial charge in [0.25, 0.3) is 0 Å². The van der Waals surface area contributed by atoms with Crippen molar-refractivity contribution in [1.82, 2.24) is 4.98 Å². The van der Waals surface area contributed by atoms with Crippen LogP contribution in [-0.4, -0.2) is 30.1 Å². The molecule has 0 fully saturated rings. The molecule has 1 amide bonds. The average Bonchev–Trinajstić information content (AvgIpc) is 2.49. The van der Waals surface area contributed by atoms with Crippen molar-refractivity contribution in [3.8, 4) is 0 Å². The van der Waals surface area contributed by atoms with Crippen LogP contribution in [0.3, 0.4) is 0 Å². The summed E-state index contributed by atoms with van der Waals surface area (Å²) in [5.41, 5.74) is 2.14. The number of carbonyl (C=O) groups is 1. The van der Waals surface area contributed by atoms with Gasteiger partial charge in [-0.2, -0.15) is 0 Å². The number of aliphatic hydroxyl groups is 1. The number of halogens is 1. The molecule has 0 aliphatic heterocycles. The van der Waals surface area contributed by atoms with Crippen molar-refractivity contribution < 1.29 is 9.90 Å². The molecule has 0 aliphatic carbocycles. The number of aryl methyl sites for hydroxylation is 1. The monoisotopic (exact) mass is 333 g/mol. The van der Waals surface area contributed by atoms with Gasteiger partial charge >= 0.3 is 0 Å². The zero-order chi connectivity index (χ0) is 17.0. The average molecular weight is 334 g/mol. The molecule has 0 radical (unpaired) electrons. The first kappa shape index (κ1) is 17.2. The molecule has 0 saturated carbocycles. The molecule has 2 rings (SSSR count). The van der Waals surface area contributed by atoms with Crippen molar-refractivity contribution in [2.24, 2.45) is 0 Å². The van der Waals surface area contributed by atoms with Crippen LogP contribution < -0.4 is 10.2 Å². The van der Waals surface area contributed by atoms with Crippen LogP contribution in [0.1, 0.15) is 23.8 Å². The van der Waals surface area contributed by atoms with Gasteiger partial charge in [0.15, 0.2) is 5.82 Å². The first-order valence-corrected chi connectivity index (χ1v) is 7.63. The molecule has 1 unspecified atom stereocenters. The number of anilines is 2. The number of pyridine rings is 1. The minimum atomic E-state index is -0.881. The van der Waals surface area contributed by atoms with Crippen molar-refractivity contribution in [2.75, 3.05) is 24.3 Å². The van der Waals surface area contributed by atoms with E-state index >= 15 is 0 Å². The molecule has 0 saturated heterocycles. The number of benzene rings is 1. The number of amides is 1. The Balaban J connectivity index is 2.06. The van der Waals surface area contributed by atoms with E-state index in [9.17, 15) is 9.90 Å². The van der Waals surface area contributed by atoms with Crippen LogP contribution in [0.25, 0.3) is 0 Å². The second kappa shape index (κ2) is 7.44. The summed E-state index contributed by atoms with van der Waals surface area (Å²) in [6.07, 6.45) is -0.920. The van der Waals surface area contributed by atoms with Crippen LogP contribution in [0.15, 0.2) is 36.4 Å². The first-order chi connectivity index (χ1) is 10.9. The lowest BCUT2D eigenvalue weighted by molar-refractivity contribution is -0.118. The molecule has 1 atom stereocenters. The van der Waals surface area contributed by atoms with E-state index in [1.165, 1.54) is 0 Å². The summed E-state index contributed by atoms with van der Waals surface area (Å²) in [6, 6.07) is 10.4. The topological polar surface area (TPSA) is 65.5 Å². The molecule has 1 aromatic heterocycles. The number of nitrogens with one attached hydrogen (secondary N) is 1. The first-order valence-electron chi connectivity index (χ1n) is 7.25. The Morgan fingerprint density at radius 1 is 1.26 bits per heavy atom. The van der Waals surface area contributed by atoms with Gasteiger partial charge < -0.3 is 15.3 Å². The summed E-state index contributed by atoms with van der Waals surface area (Å²) in [5, 5.41) is 13.5. The maximum Gasteiger partial charge on any atom is 0.227 e. The third-order valence-corrected chi connectivity index (χ3v) is 3.60. The highest BCUT2D eigenvalue weighted by Crippen LogP contribution is 2.24. The Morgan fingerprint density at radius 2 is 1.91 bits per heavy atom. The zero-order valence-electron chi connectivity index (χ0n) is 13.4. The Labute approximate surface area is 140 Å². The van der Waals surface area contributed by atoms with Crippen molar-refractivity contribution in [2.45, 2.75) is 19.4 Å². The molecular weight excluding hydrogens is 314 g/mol. The lowest BCUT2D eigenvalue weighted by Crippen LogP contribution is -2.19. The summed E-state index contributed by atoms with van der Waals surface area (Å²) in [7, 11) is 3.72. The minimum absolute atomic E-state index is 0.0393. The van der Waals surface area contributed by atoms with Crippen LogP contribution in [0, 0.1) is 6.92 Å². The Kier molecular flexibility index (Phi) is 5.58. The molecule has 2 N–H and O–H groups in total. The van der Waals surface area contributed by atoms with Gasteiger partial charge in [0.05, 0.1) is 18.2 Å². The predicted molar refractivity (Wildman–Crippen MR) is 93.0 cm³/mol. The minimum Gasteiger partial charge on any atom is -0.388 e. The number of carbonyl (C=O) groups excluding carboxylic acids is 1. The van der Waals surface area contributed by atoms with Crippen LogP contribution >= 0.6 is 11.6 Å². The Bertz CT molecular complexity index is 687. The van der Waals surface area contributed by atoms with Gasteiger partial charge in [0.2, 0.25) is 5.91 Å². The van der Waals surface area contributed by atoms with E-state index < -0.39 is 6.10 Å². The largest absolute Gasteiger partial charge is 0.388 e.